The molecule has 2 N–H and O–H groups in total. The SMILES string of the molecule is CN(CC1CC(O)C1)C(=O)c1n[nH]c(C(C)(C)C)n1. The Kier molecular flexibility index (Phi) is 3.62. The quantitative estimate of drug-likeness (QED) is 0.853. The molecule has 1 aromatic rings. The lowest BCUT2D eigenvalue weighted by Crippen LogP contribution is -2.39. The van der Waals surface area contributed by atoms with E-state index in [1.54, 1.807) is 11.9 Å². The van der Waals surface area contributed by atoms with Crippen LogP contribution in [0.15, 0.2) is 0 Å². The summed E-state index contributed by atoms with van der Waals surface area (Å²) in [4.78, 5) is 18.1. The fourth-order valence-electron chi connectivity index (χ4n) is 2.18. The van der Waals surface area contributed by atoms with Gasteiger partial charge in [-0.2, -0.15) is 0 Å². The lowest BCUT2D eigenvalue weighted by molar-refractivity contribution is 0.0262. The van der Waals surface area contributed by atoms with E-state index in [9.17, 15) is 9.90 Å². The van der Waals surface area contributed by atoms with Crippen molar-refractivity contribution in [2.75, 3.05) is 13.6 Å². The van der Waals surface area contributed by atoms with E-state index in [2.05, 4.69) is 15.2 Å². The van der Waals surface area contributed by atoms with Gasteiger partial charge in [0.25, 0.3) is 5.91 Å². The van der Waals surface area contributed by atoms with E-state index < -0.39 is 0 Å². The Morgan fingerprint density at radius 3 is 2.58 bits per heavy atom. The van der Waals surface area contributed by atoms with E-state index in [-0.39, 0.29) is 23.3 Å². The van der Waals surface area contributed by atoms with Crippen LogP contribution in [0.2, 0.25) is 0 Å². The molecule has 0 radical (unpaired) electrons. The molecular formula is C13H22N4O2. The Bertz CT molecular complexity index is 457. The van der Waals surface area contributed by atoms with E-state index in [1.807, 2.05) is 20.8 Å². The first-order valence-corrected chi connectivity index (χ1v) is 6.64. The summed E-state index contributed by atoms with van der Waals surface area (Å²) in [5.41, 5.74) is -0.151. The first kappa shape index (κ1) is 14.0. The molecule has 6 nitrogen and oxygen atoms in total. The van der Waals surface area contributed by atoms with Crippen molar-refractivity contribution in [3.8, 4) is 0 Å². The van der Waals surface area contributed by atoms with E-state index in [0.29, 0.717) is 18.3 Å². The number of carbonyl (C=O) groups excluding carboxylic acids is 1. The van der Waals surface area contributed by atoms with Gasteiger partial charge < -0.3 is 10.0 Å². The minimum Gasteiger partial charge on any atom is -0.393 e. The number of nitrogens with one attached hydrogen (secondary N) is 1. The molecule has 0 spiro atoms. The molecule has 0 atom stereocenters. The van der Waals surface area contributed by atoms with Crippen LogP contribution in [0.4, 0.5) is 0 Å². The molecule has 0 bridgehead atoms. The summed E-state index contributed by atoms with van der Waals surface area (Å²) in [6.45, 7) is 6.69. The molecule has 1 aliphatic rings. The first-order chi connectivity index (χ1) is 8.77. The fraction of sp³-hybridized carbons (Fsp3) is 0.769. The summed E-state index contributed by atoms with van der Waals surface area (Å²) in [6.07, 6.45) is 1.36. The van der Waals surface area contributed by atoms with Gasteiger partial charge in [-0.05, 0) is 18.8 Å². The minimum atomic E-state index is -0.190. The lowest BCUT2D eigenvalue weighted by Gasteiger charge is -2.34. The number of rotatable bonds is 3. The lowest BCUT2D eigenvalue weighted by atomic mass is 9.82. The molecule has 1 aromatic heterocycles. The molecule has 19 heavy (non-hydrogen) atoms. The van der Waals surface area contributed by atoms with E-state index in [4.69, 9.17) is 0 Å². The Balaban J connectivity index is 1.97. The van der Waals surface area contributed by atoms with E-state index >= 15 is 0 Å². The van der Waals surface area contributed by atoms with Crippen LogP contribution in [0.5, 0.6) is 0 Å². The molecule has 1 saturated carbocycles. The highest BCUT2D eigenvalue weighted by molar-refractivity contribution is 5.90. The number of aromatic nitrogens is 3. The van der Waals surface area contributed by atoms with Gasteiger partial charge in [0.05, 0.1) is 6.10 Å². The fourth-order valence-corrected chi connectivity index (χ4v) is 2.18. The van der Waals surface area contributed by atoms with Gasteiger partial charge in [0.2, 0.25) is 5.82 Å². The first-order valence-electron chi connectivity index (χ1n) is 6.64. The summed E-state index contributed by atoms with van der Waals surface area (Å²) < 4.78 is 0. The number of nitrogens with zero attached hydrogens (tertiary/aromatic N) is 3. The smallest absolute Gasteiger partial charge is 0.293 e. The van der Waals surface area contributed by atoms with E-state index in [1.165, 1.54) is 0 Å². The summed E-state index contributed by atoms with van der Waals surface area (Å²) in [5, 5.41) is 16.1. The van der Waals surface area contributed by atoms with Gasteiger partial charge in [-0.1, -0.05) is 20.8 Å². The van der Waals surface area contributed by atoms with Crippen molar-refractivity contribution in [1.29, 1.82) is 0 Å². The summed E-state index contributed by atoms with van der Waals surface area (Å²) >= 11 is 0. The number of hydrogen-bond acceptors (Lipinski definition) is 4. The molecule has 1 heterocycles. The average Bonchev–Trinajstić information content (AvgIpc) is 2.74. The van der Waals surface area contributed by atoms with E-state index in [0.717, 1.165) is 12.8 Å². The molecule has 1 aliphatic carbocycles. The van der Waals surface area contributed by atoms with Crippen LogP contribution in [0.25, 0.3) is 0 Å². The molecule has 1 fully saturated rings. The highest BCUT2D eigenvalue weighted by Crippen LogP contribution is 2.27. The second kappa shape index (κ2) is 4.92. The number of carbonyl (C=O) groups is 1. The van der Waals surface area contributed by atoms with Crippen molar-refractivity contribution in [2.45, 2.75) is 45.1 Å². The van der Waals surface area contributed by atoms with Crippen LogP contribution in [0, 0.1) is 5.92 Å². The average molecular weight is 266 g/mol. The monoisotopic (exact) mass is 266 g/mol. The van der Waals surface area contributed by atoms with Gasteiger partial charge in [-0.15, -0.1) is 5.10 Å². The predicted molar refractivity (Wildman–Crippen MR) is 70.8 cm³/mol. The largest absolute Gasteiger partial charge is 0.393 e. The summed E-state index contributed by atoms with van der Waals surface area (Å²) in [5.74, 6) is 1.15. The number of H-pyrrole nitrogens is 1. The molecule has 0 aromatic carbocycles. The van der Waals surface area contributed by atoms with Gasteiger partial charge in [0.1, 0.15) is 5.82 Å². The summed E-state index contributed by atoms with van der Waals surface area (Å²) in [7, 11) is 1.75. The van der Waals surface area contributed by atoms with Crippen LogP contribution in [-0.2, 0) is 5.41 Å². The van der Waals surface area contributed by atoms with Crippen LogP contribution >= 0.6 is 0 Å². The maximum atomic E-state index is 12.2. The van der Waals surface area contributed by atoms with Gasteiger partial charge in [-0.25, -0.2) is 4.98 Å². The molecule has 0 unspecified atom stereocenters. The van der Waals surface area contributed by atoms with Crippen LogP contribution < -0.4 is 0 Å². The van der Waals surface area contributed by atoms with Crippen molar-refractivity contribution in [1.82, 2.24) is 20.1 Å². The van der Waals surface area contributed by atoms with Crippen LogP contribution in [-0.4, -0.2) is 50.8 Å². The zero-order valence-electron chi connectivity index (χ0n) is 12.0. The molecule has 0 saturated heterocycles. The standard InChI is InChI=1S/C13H22N4O2/c1-13(2,3)12-14-10(15-16-12)11(19)17(4)7-8-5-9(18)6-8/h8-9,18H,5-7H2,1-4H3,(H,14,15,16). The van der Waals surface area contributed by atoms with Gasteiger partial charge >= 0.3 is 0 Å². The summed E-state index contributed by atoms with van der Waals surface area (Å²) in [6, 6.07) is 0. The Labute approximate surface area is 113 Å². The Morgan fingerprint density at radius 2 is 2.11 bits per heavy atom. The Hall–Kier alpha value is -1.43. The van der Waals surface area contributed by atoms with Gasteiger partial charge in [0.15, 0.2) is 0 Å². The normalized spacial score (nSPS) is 23.0. The van der Waals surface area contributed by atoms with Crippen LogP contribution in [0.3, 0.4) is 0 Å². The number of aliphatic hydroxyl groups is 1. The van der Waals surface area contributed by atoms with Crippen molar-refractivity contribution >= 4 is 5.91 Å². The maximum Gasteiger partial charge on any atom is 0.293 e. The number of aliphatic hydroxyl groups excluding tert-OH is 1. The number of aromatic amines is 1. The second-order valence-electron chi connectivity index (χ2n) is 6.43. The van der Waals surface area contributed by atoms with Gasteiger partial charge in [0, 0.05) is 19.0 Å². The molecule has 106 valence electrons. The third-order valence-corrected chi connectivity index (χ3v) is 3.48. The second-order valence-corrected chi connectivity index (χ2v) is 6.43. The molecule has 2 rings (SSSR count). The highest BCUT2D eigenvalue weighted by Gasteiger charge is 2.30. The third-order valence-electron chi connectivity index (χ3n) is 3.48. The van der Waals surface area contributed by atoms with Crippen molar-refractivity contribution in [2.24, 2.45) is 5.92 Å². The number of amides is 1. The molecular weight excluding hydrogens is 244 g/mol. The Morgan fingerprint density at radius 1 is 1.47 bits per heavy atom. The minimum absolute atomic E-state index is 0.151. The number of hydrogen-bond donors (Lipinski definition) is 2. The van der Waals surface area contributed by atoms with Crippen molar-refractivity contribution in [3.63, 3.8) is 0 Å². The third kappa shape index (κ3) is 3.12. The van der Waals surface area contributed by atoms with Crippen molar-refractivity contribution < 1.29 is 9.90 Å². The zero-order chi connectivity index (χ0) is 14.2. The topological polar surface area (TPSA) is 82.1 Å². The van der Waals surface area contributed by atoms with Crippen LogP contribution in [0.1, 0.15) is 50.1 Å². The highest BCUT2D eigenvalue weighted by atomic mass is 16.3. The maximum absolute atomic E-state index is 12.2. The predicted octanol–water partition coefficient (Wildman–Crippen LogP) is 0.945. The molecule has 0 aliphatic heterocycles. The molecule has 6 heteroatoms. The van der Waals surface area contributed by atoms with Crippen molar-refractivity contribution in [3.05, 3.63) is 11.6 Å². The molecule has 1 amide bonds. The van der Waals surface area contributed by atoms with Gasteiger partial charge in [-0.3, -0.25) is 9.89 Å². The zero-order valence-corrected chi connectivity index (χ0v) is 12.0.